The van der Waals surface area contributed by atoms with Gasteiger partial charge in [-0.3, -0.25) is 4.98 Å². The van der Waals surface area contributed by atoms with Crippen LogP contribution in [0.15, 0.2) is 42.6 Å². The van der Waals surface area contributed by atoms with Crippen LogP contribution in [0.1, 0.15) is 22.9 Å². The summed E-state index contributed by atoms with van der Waals surface area (Å²) in [6, 6.07) is 12.2. The lowest BCUT2D eigenvalue weighted by Gasteiger charge is -2.26. The van der Waals surface area contributed by atoms with Crippen LogP contribution in [0.5, 0.6) is 0 Å². The number of benzene rings is 1. The molecule has 1 aromatic heterocycles. The molecule has 86 valence electrons. The van der Waals surface area contributed by atoms with Gasteiger partial charge in [0.25, 0.3) is 0 Å². The Morgan fingerprint density at radius 1 is 1.18 bits per heavy atom. The molecule has 1 unspecified atom stereocenters. The highest BCUT2D eigenvalue weighted by Gasteiger charge is 2.23. The SMILES string of the molecule is Clc1ccccc1C1NCCc2cccnc21. The van der Waals surface area contributed by atoms with Crippen molar-refractivity contribution in [3.05, 3.63) is 64.4 Å². The van der Waals surface area contributed by atoms with Gasteiger partial charge in [-0.15, -0.1) is 0 Å². The Morgan fingerprint density at radius 2 is 2.06 bits per heavy atom. The first-order valence-corrected chi connectivity index (χ1v) is 6.15. The number of pyridine rings is 1. The molecule has 0 aliphatic carbocycles. The van der Waals surface area contributed by atoms with Crippen molar-refractivity contribution in [2.24, 2.45) is 0 Å². The van der Waals surface area contributed by atoms with Crippen molar-refractivity contribution in [1.82, 2.24) is 10.3 Å². The molecule has 0 bridgehead atoms. The van der Waals surface area contributed by atoms with E-state index in [9.17, 15) is 0 Å². The van der Waals surface area contributed by atoms with Crippen LogP contribution in [0, 0.1) is 0 Å². The summed E-state index contributed by atoms with van der Waals surface area (Å²) in [6.45, 7) is 0.967. The Labute approximate surface area is 106 Å². The molecule has 2 aromatic rings. The highest BCUT2D eigenvalue weighted by molar-refractivity contribution is 6.31. The van der Waals surface area contributed by atoms with Gasteiger partial charge in [-0.2, -0.15) is 0 Å². The zero-order chi connectivity index (χ0) is 11.7. The average Bonchev–Trinajstić information content (AvgIpc) is 2.39. The summed E-state index contributed by atoms with van der Waals surface area (Å²) in [5.41, 5.74) is 3.52. The van der Waals surface area contributed by atoms with Gasteiger partial charge in [-0.05, 0) is 29.7 Å². The molecule has 0 fully saturated rings. The van der Waals surface area contributed by atoms with Crippen LogP contribution in [0.2, 0.25) is 5.02 Å². The average molecular weight is 245 g/mol. The van der Waals surface area contributed by atoms with Crippen molar-refractivity contribution in [3.8, 4) is 0 Å². The van der Waals surface area contributed by atoms with E-state index in [1.54, 1.807) is 0 Å². The highest BCUT2D eigenvalue weighted by atomic mass is 35.5. The molecular formula is C14H13ClN2. The van der Waals surface area contributed by atoms with Crippen LogP contribution in [-0.4, -0.2) is 11.5 Å². The first kappa shape index (κ1) is 10.8. The largest absolute Gasteiger partial charge is 0.305 e. The fourth-order valence-electron chi connectivity index (χ4n) is 2.34. The molecule has 2 nitrogen and oxygen atoms in total. The third-order valence-electron chi connectivity index (χ3n) is 3.16. The van der Waals surface area contributed by atoms with Gasteiger partial charge < -0.3 is 5.32 Å². The Kier molecular flexibility index (Phi) is 2.83. The van der Waals surface area contributed by atoms with E-state index in [4.69, 9.17) is 11.6 Å². The molecule has 0 saturated carbocycles. The quantitative estimate of drug-likeness (QED) is 0.834. The number of halogens is 1. The molecule has 1 N–H and O–H groups in total. The first-order valence-electron chi connectivity index (χ1n) is 5.78. The van der Waals surface area contributed by atoms with E-state index >= 15 is 0 Å². The summed E-state index contributed by atoms with van der Waals surface area (Å²) in [7, 11) is 0. The minimum atomic E-state index is 0.119. The van der Waals surface area contributed by atoms with Crippen molar-refractivity contribution in [2.45, 2.75) is 12.5 Å². The van der Waals surface area contributed by atoms with E-state index in [1.165, 1.54) is 5.56 Å². The molecule has 3 heteroatoms. The molecule has 1 aliphatic rings. The van der Waals surface area contributed by atoms with Crippen LogP contribution in [-0.2, 0) is 6.42 Å². The lowest BCUT2D eigenvalue weighted by atomic mass is 9.94. The van der Waals surface area contributed by atoms with E-state index in [0.717, 1.165) is 29.2 Å². The van der Waals surface area contributed by atoms with Crippen molar-refractivity contribution < 1.29 is 0 Å². The van der Waals surface area contributed by atoms with Gasteiger partial charge in [0.05, 0.1) is 11.7 Å². The fraction of sp³-hybridized carbons (Fsp3) is 0.214. The summed E-state index contributed by atoms with van der Waals surface area (Å²) in [4.78, 5) is 4.50. The van der Waals surface area contributed by atoms with Gasteiger partial charge in [0.15, 0.2) is 0 Å². The zero-order valence-electron chi connectivity index (χ0n) is 9.36. The van der Waals surface area contributed by atoms with Gasteiger partial charge in [0.2, 0.25) is 0 Å². The molecule has 3 rings (SSSR count). The van der Waals surface area contributed by atoms with E-state index < -0.39 is 0 Å². The smallest absolute Gasteiger partial charge is 0.0768 e. The summed E-state index contributed by atoms with van der Waals surface area (Å²) in [5.74, 6) is 0. The summed E-state index contributed by atoms with van der Waals surface area (Å²) >= 11 is 6.26. The Bertz CT molecular complexity index is 539. The second-order valence-electron chi connectivity index (χ2n) is 4.21. The van der Waals surface area contributed by atoms with Gasteiger partial charge in [0, 0.05) is 17.8 Å². The molecule has 2 heterocycles. The number of hydrogen-bond donors (Lipinski definition) is 1. The van der Waals surface area contributed by atoms with Gasteiger partial charge in [-0.1, -0.05) is 35.9 Å². The Balaban J connectivity index is 2.09. The minimum Gasteiger partial charge on any atom is -0.305 e. The van der Waals surface area contributed by atoms with Crippen LogP contribution < -0.4 is 5.32 Å². The van der Waals surface area contributed by atoms with Crippen LogP contribution in [0.25, 0.3) is 0 Å². The van der Waals surface area contributed by atoms with Crippen molar-refractivity contribution in [1.29, 1.82) is 0 Å². The highest BCUT2D eigenvalue weighted by Crippen LogP contribution is 2.30. The second kappa shape index (κ2) is 4.47. The molecule has 17 heavy (non-hydrogen) atoms. The van der Waals surface area contributed by atoms with E-state index in [2.05, 4.69) is 22.4 Å². The molecule has 0 saturated heterocycles. The number of hydrogen-bond acceptors (Lipinski definition) is 2. The fourth-order valence-corrected chi connectivity index (χ4v) is 2.58. The number of fused-ring (bicyclic) bond motifs is 1. The lowest BCUT2D eigenvalue weighted by Crippen LogP contribution is -2.31. The topological polar surface area (TPSA) is 24.9 Å². The number of nitrogens with zero attached hydrogens (tertiary/aromatic N) is 1. The Morgan fingerprint density at radius 3 is 2.94 bits per heavy atom. The molecule has 0 spiro atoms. The monoisotopic (exact) mass is 244 g/mol. The number of nitrogens with one attached hydrogen (secondary N) is 1. The maximum absolute atomic E-state index is 6.26. The molecule has 0 amide bonds. The first-order chi connectivity index (χ1) is 8.36. The van der Waals surface area contributed by atoms with Gasteiger partial charge in [-0.25, -0.2) is 0 Å². The standard InChI is InChI=1S/C14H13ClN2/c15-12-6-2-1-5-11(12)14-13-10(7-9-17-14)4-3-8-16-13/h1-6,8,14,17H,7,9H2. The molecule has 1 aromatic carbocycles. The minimum absolute atomic E-state index is 0.119. The third kappa shape index (κ3) is 1.94. The summed E-state index contributed by atoms with van der Waals surface area (Å²) in [6.07, 6.45) is 2.87. The summed E-state index contributed by atoms with van der Waals surface area (Å²) < 4.78 is 0. The van der Waals surface area contributed by atoms with Gasteiger partial charge >= 0.3 is 0 Å². The van der Waals surface area contributed by atoms with Crippen LogP contribution >= 0.6 is 11.6 Å². The second-order valence-corrected chi connectivity index (χ2v) is 4.61. The predicted molar refractivity (Wildman–Crippen MR) is 69.2 cm³/mol. The Hall–Kier alpha value is -1.38. The van der Waals surface area contributed by atoms with Crippen molar-refractivity contribution in [3.63, 3.8) is 0 Å². The lowest BCUT2D eigenvalue weighted by molar-refractivity contribution is 0.552. The van der Waals surface area contributed by atoms with Crippen LogP contribution in [0.3, 0.4) is 0 Å². The maximum atomic E-state index is 6.26. The van der Waals surface area contributed by atoms with Crippen molar-refractivity contribution >= 4 is 11.6 Å². The summed E-state index contributed by atoms with van der Waals surface area (Å²) in [5, 5.41) is 4.28. The van der Waals surface area contributed by atoms with Crippen LogP contribution in [0.4, 0.5) is 0 Å². The number of aromatic nitrogens is 1. The molecule has 0 radical (unpaired) electrons. The van der Waals surface area contributed by atoms with E-state index in [1.807, 2.05) is 30.5 Å². The van der Waals surface area contributed by atoms with Gasteiger partial charge in [0.1, 0.15) is 0 Å². The third-order valence-corrected chi connectivity index (χ3v) is 3.50. The molecular weight excluding hydrogens is 232 g/mol. The van der Waals surface area contributed by atoms with Crippen molar-refractivity contribution in [2.75, 3.05) is 6.54 Å². The van der Waals surface area contributed by atoms with E-state index in [-0.39, 0.29) is 6.04 Å². The predicted octanol–water partition coefficient (Wildman–Crippen LogP) is 2.97. The normalized spacial score (nSPS) is 18.8. The zero-order valence-corrected chi connectivity index (χ0v) is 10.1. The molecule has 1 aliphatic heterocycles. The maximum Gasteiger partial charge on any atom is 0.0768 e. The van der Waals surface area contributed by atoms with E-state index in [0.29, 0.717) is 0 Å². The molecule has 1 atom stereocenters. The number of rotatable bonds is 1.